The highest BCUT2D eigenvalue weighted by atomic mass is 16.5. The van der Waals surface area contributed by atoms with Gasteiger partial charge in [0.15, 0.2) is 0 Å². The molecule has 1 aliphatic heterocycles. The number of amides is 1. The molecule has 4 heteroatoms. The number of likely N-dealkylation sites (tertiary alicyclic amines) is 1. The Hall–Kier alpha value is -0.610. The van der Waals surface area contributed by atoms with Gasteiger partial charge in [-0.3, -0.25) is 4.79 Å². The summed E-state index contributed by atoms with van der Waals surface area (Å²) < 4.78 is 5.18. The van der Waals surface area contributed by atoms with E-state index in [0.717, 1.165) is 31.8 Å². The van der Waals surface area contributed by atoms with E-state index in [4.69, 9.17) is 10.5 Å². The van der Waals surface area contributed by atoms with Gasteiger partial charge in [0.1, 0.15) is 6.61 Å². The highest BCUT2D eigenvalue weighted by Crippen LogP contribution is 2.34. The molecule has 1 heterocycles. The summed E-state index contributed by atoms with van der Waals surface area (Å²) in [5.41, 5.74) is 5.66. The zero-order valence-electron chi connectivity index (χ0n) is 11.4. The number of carbonyl (C=O) groups is 1. The fourth-order valence-corrected chi connectivity index (χ4v) is 2.33. The van der Waals surface area contributed by atoms with Crippen LogP contribution in [0.2, 0.25) is 0 Å². The predicted molar refractivity (Wildman–Crippen MR) is 68.6 cm³/mol. The van der Waals surface area contributed by atoms with Crippen molar-refractivity contribution in [1.82, 2.24) is 4.90 Å². The Balaban J connectivity index is 2.29. The van der Waals surface area contributed by atoms with Gasteiger partial charge in [0.05, 0.1) is 6.61 Å². The molecule has 1 saturated heterocycles. The fraction of sp³-hybridized carbons (Fsp3) is 0.923. The van der Waals surface area contributed by atoms with Gasteiger partial charge in [0.25, 0.3) is 0 Å². The molecule has 0 aromatic rings. The minimum atomic E-state index is 0.103. The minimum Gasteiger partial charge on any atom is -0.370 e. The summed E-state index contributed by atoms with van der Waals surface area (Å²) in [6.45, 7) is 9.68. The van der Waals surface area contributed by atoms with Crippen LogP contribution in [-0.2, 0) is 9.53 Å². The lowest BCUT2D eigenvalue weighted by Gasteiger charge is -2.38. The monoisotopic (exact) mass is 242 g/mol. The molecule has 0 bridgehead atoms. The second-order valence-corrected chi connectivity index (χ2v) is 5.86. The van der Waals surface area contributed by atoms with Crippen LogP contribution in [0.5, 0.6) is 0 Å². The highest BCUT2D eigenvalue weighted by molar-refractivity contribution is 5.77. The van der Waals surface area contributed by atoms with Gasteiger partial charge in [-0.15, -0.1) is 0 Å². The first-order valence-corrected chi connectivity index (χ1v) is 6.50. The lowest BCUT2D eigenvalue weighted by molar-refractivity contribution is -0.138. The summed E-state index contributed by atoms with van der Waals surface area (Å²) in [6.07, 6.45) is 2.21. The standard InChI is InChI=1S/C13H26N2O2/c1-13(2,3)11-4-7-15(8-5-11)12(16)10-17-9-6-14/h11H,4-10,14H2,1-3H3. The van der Waals surface area contributed by atoms with Gasteiger partial charge in [-0.2, -0.15) is 0 Å². The Morgan fingerprint density at radius 1 is 1.35 bits per heavy atom. The average Bonchev–Trinajstić information content (AvgIpc) is 2.28. The Morgan fingerprint density at radius 3 is 2.41 bits per heavy atom. The number of hydrogen-bond acceptors (Lipinski definition) is 3. The molecular formula is C13H26N2O2. The molecule has 0 spiro atoms. The first-order chi connectivity index (χ1) is 7.95. The van der Waals surface area contributed by atoms with Crippen LogP contribution in [0.1, 0.15) is 33.6 Å². The maximum absolute atomic E-state index is 11.8. The molecule has 1 fully saturated rings. The Bertz CT molecular complexity index is 240. The number of hydrogen-bond donors (Lipinski definition) is 1. The molecule has 100 valence electrons. The predicted octanol–water partition coefficient (Wildman–Crippen LogP) is 1.25. The first kappa shape index (κ1) is 14.5. The molecule has 17 heavy (non-hydrogen) atoms. The topological polar surface area (TPSA) is 55.6 Å². The van der Waals surface area contributed by atoms with E-state index in [1.807, 2.05) is 4.90 Å². The Morgan fingerprint density at radius 2 is 1.94 bits per heavy atom. The van der Waals surface area contributed by atoms with Crippen LogP contribution >= 0.6 is 0 Å². The molecule has 0 aromatic heterocycles. The summed E-state index contributed by atoms with van der Waals surface area (Å²) >= 11 is 0. The number of nitrogens with zero attached hydrogens (tertiary/aromatic N) is 1. The van der Waals surface area contributed by atoms with Crippen LogP contribution in [0, 0.1) is 11.3 Å². The van der Waals surface area contributed by atoms with Crippen LogP contribution in [-0.4, -0.2) is 43.7 Å². The van der Waals surface area contributed by atoms with E-state index < -0.39 is 0 Å². The Kier molecular flexibility index (Phi) is 5.40. The van der Waals surface area contributed by atoms with Crippen molar-refractivity contribution in [3.63, 3.8) is 0 Å². The zero-order valence-corrected chi connectivity index (χ0v) is 11.4. The van der Waals surface area contributed by atoms with E-state index in [9.17, 15) is 4.79 Å². The smallest absolute Gasteiger partial charge is 0.248 e. The Labute approximate surface area is 104 Å². The van der Waals surface area contributed by atoms with Crippen LogP contribution in [0.3, 0.4) is 0 Å². The largest absolute Gasteiger partial charge is 0.370 e. The SMILES string of the molecule is CC(C)(C)C1CCN(C(=O)COCCN)CC1. The van der Waals surface area contributed by atoms with Crippen molar-refractivity contribution in [1.29, 1.82) is 0 Å². The number of nitrogens with two attached hydrogens (primary N) is 1. The quantitative estimate of drug-likeness (QED) is 0.755. The normalized spacial score (nSPS) is 18.5. The zero-order chi connectivity index (χ0) is 12.9. The number of piperidine rings is 1. The molecule has 0 radical (unpaired) electrons. The van der Waals surface area contributed by atoms with Gasteiger partial charge in [-0.05, 0) is 24.2 Å². The molecule has 0 atom stereocenters. The van der Waals surface area contributed by atoms with Gasteiger partial charge >= 0.3 is 0 Å². The molecule has 1 rings (SSSR count). The summed E-state index contributed by atoms with van der Waals surface area (Å²) in [7, 11) is 0. The van der Waals surface area contributed by atoms with E-state index in [1.54, 1.807) is 0 Å². The summed E-state index contributed by atoms with van der Waals surface area (Å²) in [5.74, 6) is 0.822. The summed E-state index contributed by atoms with van der Waals surface area (Å²) in [5, 5.41) is 0. The maximum Gasteiger partial charge on any atom is 0.248 e. The van der Waals surface area contributed by atoms with Crippen molar-refractivity contribution < 1.29 is 9.53 Å². The number of rotatable bonds is 4. The van der Waals surface area contributed by atoms with Crippen molar-refractivity contribution >= 4 is 5.91 Å². The first-order valence-electron chi connectivity index (χ1n) is 6.50. The minimum absolute atomic E-state index is 0.103. The number of ether oxygens (including phenoxy) is 1. The average molecular weight is 242 g/mol. The van der Waals surface area contributed by atoms with Crippen molar-refractivity contribution in [2.45, 2.75) is 33.6 Å². The second kappa shape index (κ2) is 6.36. The van der Waals surface area contributed by atoms with Crippen LogP contribution < -0.4 is 5.73 Å². The maximum atomic E-state index is 11.8. The third-order valence-electron chi connectivity index (χ3n) is 3.56. The molecule has 2 N–H and O–H groups in total. The van der Waals surface area contributed by atoms with E-state index in [0.29, 0.717) is 18.6 Å². The molecule has 0 saturated carbocycles. The van der Waals surface area contributed by atoms with Crippen molar-refractivity contribution in [2.75, 3.05) is 32.8 Å². The van der Waals surface area contributed by atoms with Gasteiger partial charge < -0.3 is 15.4 Å². The molecule has 0 aliphatic carbocycles. The summed E-state index contributed by atoms with van der Waals surface area (Å²) in [6, 6.07) is 0. The van der Waals surface area contributed by atoms with Crippen molar-refractivity contribution in [3.05, 3.63) is 0 Å². The van der Waals surface area contributed by atoms with E-state index in [-0.39, 0.29) is 12.5 Å². The highest BCUT2D eigenvalue weighted by Gasteiger charge is 2.30. The third-order valence-corrected chi connectivity index (χ3v) is 3.56. The molecule has 0 unspecified atom stereocenters. The van der Waals surface area contributed by atoms with E-state index >= 15 is 0 Å². The lowest BCUT2D eigenvalue weighted by atomic mass is 9.75. The van der Waals surface area contributed by atoms with Crippen molar-refractivity contribution in [2.24, 2.45) is 17.1 Å². The van der Waals surface area contributed by atoms with Gasteiger partial charge in [0.2, 0.25) is 5.91 Å². The third kappa shape index (κ3) is 4.64. The molecule has 0 aromatic carbocycles. The number of carbonyl (C=O) groups excluding carboxylic acids is 1. The van der Waals surface area contributed by atoms with Crippen molar-refractivity contribution in [3.8, 4) is 0 Å². The van der Waals surface area contributed by atoms with E-state index in [2.05, 4.69) is 20.8 Å². The molecule has 4 nitrogen and oxygen atoms in total. The van der Waals surface area contributed by atoms with E-state index in [1.165, 1.54) is 0 Å². The molecule has 1 amide bonds. The second-order valence-electron chi connectivity index (χ2n) is 5.86. The van der Waals surface area contributed by atoms with Crippen LogP contribution in [0.4, 0.5) is 0 Å². The fourth-order valence-electron chi connectivity index (χ4n) is 2.33. The molecule has 1 aliphatic rings. The van der Waals surface area contributed by atoms with Crippen LogP contribution in [0.25, 0.3) is 0 Å². The van der Waals surface area contributed by atoms with Crippen LogP contribution in [0.15, 0.2) is 0 Å². The van der Waals surface area contributed by atoms with Gasteiger partial charge in [0, 0.05) is 19.6 Å². The molecular weight excluding hydrogens is 216 g/mol. The summed E-state index contributed by atoms with van der Waals surface area (Å²) in [4.78, 5) is 13.7. The lowest BCUT2D eigenvalue weighted by Crippen LogP contribution is -2.43. The van der Waals surface area contributed by atoms with Gasteiger partial charge in [-0.25, -0.2) is 0 Å². The van der Waals surface area contributed by atoms with Gasteiger partial charge in [-0.1, -0.05) is 20.8 Å².